The van der Waals surface area contributed by atoms with E-state index in [2.05, 4.69) is 17.1 Å². The fraction of sp³-hybridized carbons (Fsp3) is 1.00. The molecule has 6 heteroatoms. The number of halogens is 3. The van der Waals surface area contributed by atoms with Crippen molar-refractivity contribution in [3.8, 4) is 0 Å². The fourth-order valence-corrected chi connectivity index (χ4v) is 2.26. The fourth-order valence-electron chi connectivity index (χ4n) is 2.26. The van der Waals surface area contributed by atoms with Gasteiger partial charge in [-0.25, -0.2) is 0 Å². The highest BCUT2D eigenvalue weighted by Crippen LogP contribution is 2.23. The highest BCUT2D eigenvalue weighted by Gasteiger charge is 2.37. The van der Waals surface area contributed by atoms with E-state index in [1.807, 2.05) is 0 Å². The smallest absolute Gasteiger partial charge is 0.329 e. The number of likely N-dealkylation sites (tertiary alicyclic amines) is 1. The lowest BCUT2D eigenvalue weighted by molar-refractivity contribution is -0.129. The molecule has 1 aliphatic heterocycles. The number of hydrogen-bond donors (Lipinski definition) is 2. The Morgan fingerprint density at radius 3 is 2.29 bits per heavy atom. The van der Waals surface area contributed by atoms with Gasteiger partial charge in [-0.1, -0.05) is 6.92 Å². The van der Waals surface area contributed by atoms with E-state index in [1.165, 1.54) is 0 Å². The molecule has 102 valence electrons. The minimum atomic E-state index is -4.16. The Kier molecular flexibility index (Phi) is 5.22. The van der Waals surface area contributed by atoms with Crippen LogP contribution in [0.5, 0.6) is 0 Å². The van der Waals surface area contributed by atoms with Crippen molar-refractivity contribution in [1.82, 2.24) is 10.2 Å². The second kappa shape index (κ2) is 6.02. The first kappa shape index (κ1) is 14.7. The van der Waals surface area contributed by atoms with Crippen molar-refractivity contribution < 1.29 is 13.2 Å². The van der Waals surface area contributed by atoms with E-state index < -0.39 is 18.3 Å². The zero-order chi connectivity index (χ0) is 12.9. The SMILES string of the molecule is CCCN1CCC(CN)(NCC(F)(F)F)CC1. The summed E-state index contributed by atoms with van der Waals surface area (Å²) >= 11 is 0. The van der Waals surface area contributed by atoms with Gasteiger partial charge in [0.2, 0.25) is 0 Å². The van der Waals surface area contributed by atoms with Crippen molar-refractivity contribution >= 4 is 0 Å². The summed E-state index contributed by atoms with van der Waals surface area (Å²) in [7, 11) is 0. The molecule has 0 bridgehead atoms. The molecule has 1 fully saturated rings. The lowest BCUT2D eigenvalue weighted by Gasteiger charge is -2.42. The summed E-state index contributed by atoms with van der Waals surface area (Å²) in [6.07, 6.45) is -1.70. The van der Waals surface area contributed by atoms with Crippen LogP contribution in [0.4, 0.5) is 13.2 Å². The van der Waals surface area contributed by atoms with Crippen LogP contribution in [-0.4, -0.2) is 49.3 Å². The Bertz CT molecular complexity index is 222. The van der Waals surface area contributed by atoms with Crippen molar-refractivity contribution in [3.05, 3.63) is 0 Å². The molecule has 1 aliphatic rings. The van der Waals surface area contributed by atoms with Gasteiger partial charge in [-0.15, -0.1) is 0 Å². The van der Waals surface area contributed by atoms with Gasteiger partial charge in [0, 0.05) is 12.1 Å². The lowest BCUT2D eigenvalue weighted by atomic mass is 9.87. The van der Waals surface area contributed by atoms with Crippen LogP contribution in [0.2, 0.25) is 0 Å². The molecule has 3 nitrogen and oxygen atoms in total. The molecule has 0 aromatic rings. The molecule has 0 aromatic carbocycles. The quantitative estimate of drug-likeness (QED) is 0.777. The molecule has 0 saturated carbocycles. The van der Waals surface area contributed by atoms with E-state index in [4.69, 9.17) is 5.73 Å². The van der Waals surface area contributed by atoms with Crippen LogP contribution in [0, 0.1) is 0 Å². The molecule has 0 amide bonds. The molecule has 0 aromatic heterocycles. The summed E-state index contributed by atoms with van der Waals surface area (Å²) in [4.78, 5) is 2.28. The maximum Gasteiger partial charge on any atom is 0.401 e. The van der Waals surface area contributed by atoms with Crippen LogP contribution < -0.4 is 11.1 Å². The van der Waals surface area contributed by atoms with E-state index in [1.54, 1.807) is 0 Å². The molecule has 1 saturated heterocycles. The first-order valence-electron chi connectivity index (χ1n) is 6.15. The van der Waals surface area contributed by atoms with Crippen LogP contribution in [0.1, 0.15) is 26.2 Å². The van der Waals surface area contributed by atoms with Crippen LogP contribution in [0.3, 0.4) is 0 Å². The van der Waals surface area contributed by atoms with Gasteiger partial charge < -0.3 is 16.0 Å². The Balaban J connectivity index is 2.43. The number of hydrogen-bond acceptors (Lipinski definition) is 3. The van der Waals surface area contributed by atoms with Gasteiger partial charge in [0.25, 0.3) is 0 Å². The summed E-state index contributed by atoms with van der Waals surface area (Å²) in [6.45, 7) is 4.10. The minimum Gasteiger partial charge on any atom is -0.329 e. The number of nitrogens with one attached hydrogen (secondary N) is 1. The Labute approximate surface area is 101 Å². The monoisotopic (exact) mass is 253 g/mol. The normalized spacial score (nSPS) is 21.7. The van der Waals surface area contributed by atoms with Crippen molar-refractivity contribution in [2.75, 3.05) is 32.7 Å². The third kappa shape index (κ3) is 4.81. The largest absolute Gasteiger partial charge is 0.401 e. The molecular formula is C11H22F3N3. The van der Waals surface area contributed by atoms with Gasteiger partial charge in [-0.05, 0) is 38.9 Å². The van der Waals surface area contributed by atoms with Crippen molar-refractivity contribution in [2.45, 2.75) is 37.9 Å². The minimum absolute atomic E-state index is 0.267. The van der Waals surface area contributed by atoms with E-state index in [9.17, 15) is 13.2 Å². The van der Waals surface area contributed by atoms with E-state index in [0.29, 0.717) is 12.8 Å². The average molecular weight is 253 g/mol. The van der Waals surface area contributed by atoms with Crippen LogP contribution >= 0.6 is 0 Å². The number of nitrogens with zero attached hydrogens (tertiary/aromatic N) is 1. The Morgan fingerprint density at radius 2 is 1.88 bits per heavy atom. The van der Waals surface area contributed by atoms with Gasteiger partial charge >= 0.3 is 6.18 Å². The second-order valence-electron chi connectivity index (χ2n) is 4.79. The summed E-state index contributed by atoms with van der Waals surface area (Å²) < 4.78 is 36.6. The molecule has 3 N–H and O–H groups in total. The molecule has 0 spiro atoms. The van der Waals surface area contributed by atoms with Crippen molar-refractivity contribution in [2.24, 2.45) is 5.73 Å². The molecule has 1 heterocycles. The zero-order valence-corrected chi connectivity index (χ0v) is 10.3. The molecule has 1 rings (SSSR count). The lowest BCUT2D eigenvalue weighted by Crippen LogP contribution is -2.59. The predicted molar refractivity (Wildman–Crippen MR) is 61.8 cm³/mol. The second-order valence-corrected chi connectivity index (χ2v) is 4.79. The predicted octanol–water partition coefficient (Wildman–Crippen LogP) is 1.34. The Morgan fingerprint density at radius 1 is 1.29 bits per heavy atom. The van der Waals surface area contributed by atoms with E-state index in [-0.39, 0.29) is 6.54 Å². The number of alkyl halides is 3. The van der Waals surface area contributed by atoms with Gasteiger partial charge in [-0.2, -0.15) is 13.2 Å². The Hall–Kier alpha value is -0.330. The van der Waals surface area contributed by atoms with Crippen LogP contribution in [0.25, 0.3) is 0 Å². The highest BCUT2D eigenvalue weighted by molar-refractivity contribution is 4.94. The zero-order valence-electron chi connectivity index (χ0n) is 10.3. The molecule has 0 unspecified atom stereocenters. The number of rotatable bonds is 5. The molecule has 0 atom stereocenters. The third-order valence-electron chi connectivity index (χ3n) is 3.41. The molecule has 0 aliphatic carbocycles. The average Bonchev–Trinajstić information content (AvgIpc) is 2.28. The molecule has 0 radical (unpaired) electrons. The maximum atomic E-state index is 12.2. The summed E-state index contributed by atoms with van der Waals surface area (Å²) in [6, 6.07) is 0. The number of piperidine rings is 1. The topological polar surface area (TPSA) is 41.3 Å². The van der Waals surface area contributed by atoms with Gasteiger partial charge in [0.05, 0.1) is 6.54 Å². The maximum absolute atomic E-state index is 12.2. The van der Waals surface area contributed by atoms with Gasteiger partial charge in [0.1, 0.15) is 0 Å². The standard InChI is InChI=1S/C11H22F3N3/c1-2-5-17-6-3-10(8-15,4-7-17)16-9-11(12,13)14/h16H,2-9,15H2,1H3. The third-order valence-corrected chi connectivity index (χ3v) is 3.41. The van der Waals surface area contributed by atoms with E-state index >= 15 is 0 Å². The van der Waals surface area contributed by atoms with Gasteiger partial charge in [-0.3, -0.25) is 0 Å². The summed E-state index contributed by atoms with van der Waals surface area (Å²) in [5.41, 5.74) is 5.11. The van der Waals surface area contributed by atoms with Crippen molar-refractivity contribution in [1.29, 1.82) is 0 Å². The first-order chi connectivity index (χ1) is 7.91. The van der Waals surface area contributed by atoms with Crippen LogP contribution in [-0.2, 0) is 0 Å². The van der Waals surface area contributed by atoms with Crippen LogP contribution in [0.15, 0.2) is 0 Å². The first-order valence-corrected chi connectivity index (χ1v) is 6.15. The molecular weight excluding hydrogens is 231 g/mol. The molecule has 17 heavy (non-hydrogen) atoms. The van der Waals surface area contributed by atoms with E-state index in [0.717, 1.165) is 26.1 Å². The van der Waals surface area contributed by atoms with Gasteiger partial charge in [0.15, 0.2) is 0 Å². The van der Waals surface area contributed by atoms with Crippen molar-refractivity contribution in [3.63, 3.8) is 0 Å². The summed E-state index contributed by atoms with van der Waals surface area (Å²) in [5, 5.41) is 2.61. The number of nitrogens with two attached hydrogens (primary N) is 1. The summed E-state index contributed by atoms with van der Waals surface area (Å²) in [5.74, 6) is 0. The highest BCUT2D eigenvalue weighted by atomic mass is 19.4.